The molecule has 0 saturated carbocycles. The first-order valence-corrected chi connectivity index (χ1v) is 6.61. The highest BCUT2D eigenvalue weighted by atomic mass is 79.9. The lowest BCUT2D eigenvalue weighted by molar-refractivity contribution is -0.141. The number of rotatable bonds is 3. The number of ether oxygens (including phenoxy) is 1. The van der Waals surface area contributed by atoms with E-state index in [1.807, 2.05) is 0 Å². The summed E-state index contributed by atoms with van der Waals surface area (Å²) in [4.78, 5) is 28.6. The molecule has 1 fully saturated rings. The van der Waals surface area contributed by atoms with Gasteiger partial charge < -0.3 is 14.7 Å². The first-order valence-electron chi connectivity index (χ1n) is 5.81. The van der Waals surface area contributed by atoms with Gasteiger partial charge in [0.15, 0.2) is 0 Å². The number of nitrogens with zero attached hydrogens (tertiary/aromatic N) is 2. The van der Waals surface area contributed by atoms with Gasteiger partial charge >= 0.3 is 5.97 Å². The topological polar surface area (TPSA) is 79.7 Å². The smallest absolute Gasteiger partial charge is 0.306 e. The van der Waals surface area contributed by atoms with Crippen LogP contribution in [-0.2, 0) is 9.53 Å². The molecule has 0 aliphatic carbocycles. The molecular formula is C12H13BrN2O4. The highest BCUT2D eigenvalue weighted by Crippen LogP contribution is 2.13. The normalized spacial score (nSPS) is 19.2. The number of morpholine rings is 1. The van der Waals surface area contributed by atoms with E-state index in [0.29, 0.717) is 23.4 Å². The Bertz CT molecular complexity index is 494. The molecule has 0 radical (unpaired) electrons. The van der Waals surface area contributed by atoms with E-state index >= 15 is 0 Å². The molecular weight excluding hydrogens is 316 g/mol. The zero-order chi connectivity index (χ0) is 13.8. The largest absolute Gasteiger partial charge is 0.481 e. The SMILES string of the molecule is O=C(O)CC1CN(C(=O)c2cccc(Br)n2)CCO1. The lowest BCUT2D eigenvalue weighted by Crippen LogP contribution is -2.46. The van der Waals surface area contributed by atoms with Gasteiger partial charge in [0.05, 0.1) is 19.1 Å². The molecule has 1 aromatic rings. The molecule has 1 atom stereocenters. The molecule has 6 nitrogen and oxygen atoms in total. The van der Waals surface area contributed by atoms with E-state index in [0.717, 1.165) is 0 Å². The fourth-order valence-corrected chi connectivity index (χ4v) is 2.26. The summed E-state index contributed by atoms with van der Waals surface area (Å²) in [5, 5.41) is 8.74. The van der Waals surface area contributed by atoms with Gasteiger partial charge in [-0.3, -0.25) is 9.59 Å². The van der Waals surface area contributed by atoms with Crippen LogP contribution < -0.4 is 0 Å². The van der Waals surface area contributed by atoms with Crippen LogP contribution in [0.15, 0.2) is 22.8 Å². The number of aliphatic carboxylic acids is 1. The molecule has 19 heavy (non-hydrogen) atoms. The van der Waals surface area contributed by atoms with Crippen LogP contribution in [0.3, 0.4) is 0 Å². The van der Waals surface area contributed by atoms with Crippen LogP contribution in [0.4, 0.5) is 0 Å². The Hall–Kier alpha value is -1.47. The Morgan fingerprint density at radius 1 is 1.53 bits per heavy atom. The monoisotopic (exact) mass is 328 g/mol. The van der Waals surface area contributed by atoms with Gasteiger partial charge in [-0.2, -0.15) is 0 Å². The molecule has 1 amide bonds. The standard InChI is InChI=1S/C12H13BrN2O4/c13-10-3-1-2-9(14-10)12(18)15-4-5-19-8(7-15)6-11(16)17/h1-3,8H,4-7H2,(H,16,17). The van der Waals surface area contributed by atoms with Gasteiger partial charge in [-0.05, 0) is 28.1 Å². The van der Waals surface area contributed by atoms with Crippen molar-refractivity contribution in [2.45, 2.75) is 12.5 Å². The molecule has 102 valence electrons. The molecule has 1 aromatic heterocycles. The number of carbonyl (C=O) groups is 2. The maximum absolute atomic E-state index is 12.2. The molecule has 2 rings (SSSR count). The number of hydrogen-bond acceptors (Lipinski definition) is 4. The predicted octanol–water partition coefficient (Wildman–Crippen LogP) is 1.16. The molecule has 2 heterocycles. The van der Waals surface area contributed by atoms with Crippen molar-refractivity contribution in [2.24, 2.45) is 0 Å². The van der Waals surface area contributed by atoms with Crippen molar-refractivity contribution in [1.29, 1.82) is 0 Å². The van der Waals surface area contributed by atoms with E-state index in [2.05, 4.69) is 20.9 Å². The van der Waals surface area contributed by atoms with Crippen LogP contribution in [-0.4, -0.2) is 52.7 Å². The predicted molar refractivity (Wildman–Crippen MR) is 69.8 cm³/mol. The lowest BCUT2D eigenvalue weighted by atomic mass is 10.2. The maximum atomic E-state index is 12.2. The van der Waals surface area contributed by atoms with Gasteiger partial charge in [0.2, 0.25) is 0 Å². The lowest BCUT2D eigenvalue weighted by Gasteiger charge is -2.32. The van der Waals surface area contributed by atoms with Crippen molar-refractivity contribution >= 4 is 27.8 Å². The second-order valence-electron chi connectivity index (χ2n) is 4.19. The van der Waals surface area contributed by atoms with Crippen molar-refractivity contribution in [1.82, 2.24) is 9.88 Å². The number of halogens is 1. The Kier molecular flexibility index (Phi) is 4.49. The molecule has 7 heteroatoms. The number of carboxylic acids is 1. The summed E-state index contributed by atoms with van der Waals surface area (Å²) in [5.41, 5.74) is 0.338. The minimum atomic E-state index is -0.931. The number of pyridine rings is 1. The zero-order valence-corrected chi connectivity index (χ0v) is 11.7. The van der Waals surface area contributed by atoms with E-state index in [1.165, 1.54) is 0 Å². The quantitative estimate of drug-likeness (QED) is 0.842. The summed E-state index contributed by atoms with van der Waals surface area (Å²) in [6.07, 6.45) is -0.558. The van der Waals surface area contributed by atoms with Gasteiger partial charge in [-0.1, -0.05) is 6.07 Å². The van der Waals surface area contributed by atoms with Gasteiger partial charge in [-0.15, -0.1) is 0 Å². The van der Waals surface area contributed by atoms with E-state index in [4.69, 9.17) is 9.84 Å². The first-order chi connectivity index (χ1) is 9.06. The number of carboxylic acid groups (broad SMARTS) is 1. The highest BCUT2D eigenvalue weighted by molar-refractivity contribution is 9.10. The van der Waals surface area contributed by atoms with Crippen LogP contribution in [0.2, 0.25) is 0 Å². The van der Waals surface area contributed by atoms with E-state index in [-0.39, 0.29) is 18.9 Å². The maximum Gasteiger partial charge on any atom is 0.306 e. The van der Waals surface area contributed by atoms with Crippen molar-refractivity contribution in [2.75, 3.05) is 19.7 Å². The summed E-state index contributed by atoms with van der Waals surface area (Å²) in [6.45, 7) is 1.07. The average Bonchev–Trinajstić information content (AvgIpc) is 2.37. The molecule has 0 aromatic carbocycles. The number of carbonyl (C=O) groups excluding carboxylic acids is 1. The third-order valence-corrected chi connectivity index (χ3v) is 3.20. The fraction of sp³-hybridized carbons (Fsp3) is 0.417. The van der Waals surface area contributed by atoms with Crippen molar-refractivity contribution in [3.63, 3.8) is 0 Å². The van der Waals surface area contributed by atoms with Crippen LogP contribution in [0.5, 0.6) is 0 Å². The minimum Gasteiger partial charge on any atom is -0.481 e. The second-order valence-corrected chi connectivity index (χ2v) is 5.00. The minimum absolute atomic E-state index is 0.101. The fourth-order valence-electron chi connectivity index (χ4n) is 1.91. The molecule has 1 aliphatic rings. The summed E-state index contributed by atoms with van der Waals surface area (Å²) in [7, 11) is 0. The van der Waals surface area contributed by atoms with E-state index in [9.17, 15) is 9.59 Å². The molecule has 1 aliphatic heterocycles. The van der Waals surface area contributed by atoms with Crippen molar-refractivity contribution < 1.29 is 19.4 Å². The van der Waals surface area contributed by atoms with Gasteiger partial charge in [0.25, 0.3) is 5.91 Å². The molecule has 1 unspecified atom stereocenters. The molecule has 1 saturated heterocycles. The third kappa shape index (κ3) is 3.74. The van der Waals surface area contributed by atoms with Crippen LogP contribution in [0.1, 0.15) is 16.9 Å². The summed E-state index contributed by atoms with van der Waals surface area (Å²) < 4.78 is 5.92. The van der Waals surface area contributed by atoms with Crippen LogP contribution >= 0.6 is 15.9 Å². The highest BCUT2D eigenvalue weighted by Gasteiger charge is 2.27. The van der Waals surface area contributed by atoms with Crippen molar-refractivity contribution in [3.8, 4) is 0 Å². The molecule has 0 bridgehead atoms. The van der Waals surface area contributed by atoms with Crippen molar-refractivity contribution in [3.05, 3.63) is 28.5 Å². The summed E-state index contributed by atoms with van der Waals surface area (Å²) in [5.74, 6) is -1.14. The van der Waals surface area contributed by atoms with E-state index in [1.54, 1.807) is 23.1 Å². The Balaban J connectivity index is 2.04. The first kappa shape index (κ1) is 14.0. The van der Waals surface area contributed by atoms with E-state index < -0.39 is 12.1 Å². The number of aromatic nitrogens is 1. The van der Waals surface area contributed by atoms with Crippen LogP contribution in [0, 0.1) is 0 Å². The number of hydrogen-bond donors (Lipinski definition) is 1. The van der Waals surface area contributed by atoms with Gasteiger partial charge in [0.1, 0.15) is 10.3 Å². The second kappa shape index (κ2) is 6.12. The third-order valence-electron chi connectivity index (χ3n) is 2.76. The summed E-state index contributed by atoms with van der Waals surface area (Å²) >= 11 is 3.21. The van der Waals surface area contributed by atoms with Gasteiger partial charge in [0, 0.05) is 13.1 Å². The Morgan fingerprint density at radius 3 is 3.00 bits per heavy atom. The van der Waals surface area contributed by atoms with Crippen LogP contribution in [0.25, 0.3) is 0 Å². The van der Waals surface area contributed by atoms with Gasteiger partial charge in [-0.25, -0.2) is 4.98 Å². The average molecular weight is 329 g/mol. The Labute approximate surface area is 118 Å². The Morgan fingerprint density at radius 2 is 2.32 bits per heavy atom. The number of amides is 1. The summed E-state index contributed by atoms with van der Waals surface area (Å²) in [6, 6.07) is 5.11. The molecule has 0 spiro atoms. The molecule has 1 N–H and O–H groups in total. The zero-order valence-electron chi connectivity index (χ0n) is 10.1.